The van der Waals surface area contributed by atoms with Crippen LogP contribution in [-0.4, -0.2) is 34.2 Å². The first-order valence-corrected chi connectivity index (χ1v) is 6.32. The Hall–Kier alpha value is -1.73. The smallest absolute Gasteiger partial charge is 0.310 e. The summed E-state index contributed by atoms with van der Waals surface area (Å²) in [6.45, 7) is 0. The fourth-order valence-electron chi connectivity index (χ4n) is 2.39. The van der Waals surface area contributed by atoms with Gasteiger partial charge in [0.15, 0.2) is 5.13 Å². The fraction of sp³-hybridized carbons (Fsp3) is 0.364. The average molecular weight is 266 g/mol. The van der Waals surface area contributed by atoms with Crippen molar-refractivity contribution in [2.45, 2.75) is 12.2 Å². The van der Waals surface area contributed by atoms with Crippen LogP contribution in [0.1, 0.15) is 0 Å². The maximum atomic E-state index is 12.1. The molecule has 18 heavy (non-hydrogen) atoms. The Morgan fingerprint density at radius 1 is 1.33 bits per heavy atom. The molecule has 0 spiro atoms. The van der Waals surface area contributed by atoms with Crippen molar-refractivity contribution in [3.8, 4) is 0 Å². The number of carbonyl (C=O) groups excluding carboxylic acids is 1. The van der Waals surface area contributed by atoms with Crippen LogP contribution in [0.5, 0.6) is 0 Å². The number of carbonyl (C=O) groups is 2. The van der Waals surface area contributed by atoms with Crippen molar-refractivity contribution in [1.29, 1.82) is 0 Å². The molecular formula is C11H10N2O4S. The number of aromatic nitrogens is 1. The van der Waals surface area contributed by atoms with Crippen LogP contribution in [0.2, 0.25) is 0 Å². The van der Waals surface area contributed by atoms with E-state index in [-0.39, 0.29) is 5.91 Å². The number of anilines is 1. The number of hydrogen-bond acceptors (Lipinski definition) is 5. The first kappa shape index (κ1) is 11.4. The van der Waals surface area contributed by atoms with E-state index < -0.39 is 30.0 Å². The number of carboxylic acid groups (broad SMARTS) is 1. The predicted molar refractivity (Wildman–Crippen MR) is 63.2 cm³/mol. The summed E-state index contributed by atoms with van der Waals surface area (Å²) in [5, 5.41) is 14.0. The van der Waals surface area contributed by atoms with E-state index >= 15 is 0 Å². The average Bonchev–Trinajstić information content (AvgIpc) is 3.03. The van der Waals surface area contributed by atoms with Crippen molar-refractivity contribution in [3.05, 3.63) is 23.7 Å². The summed E-state index contributed by atoms with van der Waals surface area (Å²) in [5.74, 6) is -2.87. The van der Waals surface area contributed by atoms with Crippen LogP contribution in [0, 0.1) is 11.8 Å². The van der Waals surface area contributed by atoms with Crippen LogP contribution in [0.25, 0.3) is 0 Å². The molecular weight excluding hydrogens is 256 g/mol. The third-order valence-corrected chi connectivity index (χ3v) is 3.84. The highest BCUT2D eigenvalue weighted by atomic mass is 32.1. The van der Waals surface area contributed by atoms with Crippen molar-refractivity contribution in [2.24, 2.45) is 11.8 Å². The van der Waals surface area contributed by atoms with Gasteiger partial charge >= 0.3 is 5.97 Å². The maximum absolute atomic E-state index is 12.1. The lowest BCUT2D eigenvalue weighted by Gasteiger charge is -2.20. The normalized spacial score (nSPS) is 32.7. The van der Waals surface area contributed by atoms with Gasteiger partial charge in [0.25, 0.3) is 0 Å². The molecule has 1 aromatic rings. The molecule has 94 valence electrons. The van der Waals surface area contributed by atoms with Crippen molar-refractivity contribution in [3.63, 3.8) is 0 Å². The summed E-state index contributed by atoms with van der Waals surface area (Å²) in [5.41, 5.74) is 0. The lowest BCUT2D eigenvalue weighted by atomic mass is 9.82. The summed E-state index contributed by atoms with van der Waals surface area (Å²) < 4.78 is 5.43. The first-order chi connectivity index (χ1) is 8.66. The van der Waals surface area contributed by atoms with Gasteiger partial charge in [0.2, 0.25) is 5.91 Å². The number of carboxylic acids is 1. The van der Waals surface area contributed by atoms with Gasteiger partial charge in [0, 0.05) is 11.6 Å². The standard InChI is InChI=1S/C11H10N2O4S/c14-9(13-11-12-3-4-18-11)7-5-1-2-6(17-5)8(7)10(15)16/h1-8H,(H,15,16)(H,12,13,14)/t5-,6-,7+,8-/m1/s1. The van der Waals surface area contributed by atoms with Gasteiger partial charge in [-0.25, -0.2) is 4.98 Å². The molecule has 7 heteroatoms. The lowest BCUT2D eigenvalue weighted by molar-refractivity contribution is -0.145. The van der Waals surface area contributed by atoms with Gasteiger partial charge in [-0.2, -0.15) is 0 Å². The zero-order valence-electron chi connectivity index (χ0n) is 9.15. The molecule has 0 aliphatic carbocycles. The number of ether oxygens (including phenoxy) is 1. The van der Waals surface area contributed by atoms with E-state index in [9.17, 15) is 14.7 Å². The van der Waals surface area contributed by atoms with Crippen molar-refractivity contribution in [2.75, 3.05) is 5.32 Å². The molecule has 2 aliphatic heterocycles. The molecule has 0 saturated carbocycles. The van der Waals surface area contributed by atoms with Crippen molar-refractivity contribution < 1.29 is 19.4 Å². The number of nitrogens with one attached hydrogen (secondary N) is 1. The second-order valence-electron chi connectivity index (χ2n) is 4.17. The summed E-state index contributed by atoms with van der Waals surface area (Å²) in [6.07, 6.45) is 4.08. The quantitative estimate of drug-likeness (QED) is 0.788. The number of rotatable bonds is 3. The van der Waals surface area contributed by atoms with Crippen molar-refractivity contribution in [1.82, 2.24) is 4.98 Å². The Kier molecular flexibility index (Phi) is 2.64. The molecule has 4 atom stereocenters. The van der Waals surface area contributed by atoms with E-state index in [1.807, 2.05) is 0 Å². The van der Waals surface area contributed by atoms with Gasteiger partial charge < -0.3 is 15.2 Å². The first-order valence-electron chi connectivity index (χ1n) is 5.44. The molecule has 2 bridgehead atoms. The van der Waals surface area contributed by atoms with Gasteiger partial charge in [0.1, 0.15) is 5.92 Å². The molecule has 3 heterocycles. The second-order valence-corrected chi connectivity index (χ2v) is 5.06. The third kappa shape index (κ3) is 1.72. The zero-order chi connectivity index (χ0) is 12.7. The van der Waals surface area contributed by atoms with Crippen LogP contribution in [0.3, 0.4) is 0 Å². The summed E-state index contributed by atoms with van der Waals surface area (Å²) >= 11 is 1.29. The maximum Gasteiger partial charge on any atom is 0.310 e. The molecule has 6 nitrogen and oxygen atoms in total. The zero-order valence-corrected chi connectivity index (χ0v) is 9.96. The molecule has 0 unspecified atom stereocenters. The molecule has 2 N–H and O–H groups in total. The van der Waals surface area contributed by atoms with Crippen LogP contribution in [0.15, 0.2) is 23.7 Å². The Balaban J connectivity index is 1.80. The molecule has 1 amide bonds. The number of aliphatic carboxylic acids is 1. The highest BCUT2D eigenvalue weighted by Crippen LogP contribution is 2.39. The number of hydrogen-bond donors (Lipinski definition) is 2. The number of fused-ring (bicyclic) bond motifs is 2. The minimum atomic E-state index is -1.01. The molecule has 1 saturated heterocycles. The molecule has 0 aromatic carbocycles. The third-order valence-electron chi connectivity index (χ3n) is 3.15. The number of thiazole rings is 1. The van der Waals surface area contributed by atoms with Crippen LogP contribution < -0.4 is 5.32 Å². The lowest BCUT2D eigenvalue weighted by Crippen LogP contribution is -2.39. The Morgan fingerprint density at radius 2 is 2.06 bits per heavy atom. The van der Waals surface area contributed by atoms with E-state index in [1.54, 1.807) is 23.7 Å². The van der Waals surface area contributed by atoms with Gasteiger partial charge in [0.05, 0.1) is 18.1 Å². The molecule has 0 radical (unpaired) electrons. The minimum Gasteiger partial charge on any atom is -0.481 e. The van der Waals surface area contributed by atoms with Gasteiger partial charge in [-0.3, -0.25) is 9.59 Å². The second kappa shape index (κ2) is 4.18. The molecule has 1 fully saturated rings. The monoisotopic (exact) mass is 266 g/mol. The van der Waals surface area contributed by atoms with E-state index in [0.29, 0.717) is 5.13 Å². The van der Waals surface area contributed by atoms with E-state index in [1.165, 1.54) is 11.3 Å². The molecule has 2 aliphatic rings. The largest absolute Gasteiger partial charge is 0.481 e. The summed E-state index contributed by atoms with van der Waals surface area (Å²) in [6, 6.07) is 0. The SMILES string of the molecule is O=C(Nc1nccs1)[C@@H]1[C@H](C(=O)O)[C@H]2C=C[C@H]1O2. The Morgan fingerprint density at radius 3 is 2.67 bits per heavy atom. The van der Waals surface area contributed by atoms with Gasteiger partial charge in [-0.05, 0) is 0 Å². The van der Waals surface area contributed by atoms with E-state index in [2.05, 4.69) is 10.3 Å². The molecule has 1 aromatic heterocycles. The number of nitrogens with zero attached hydrogens (tertiary/aromatic N) is 1. The Labute approximate surface area is 106 Å². The molecule has 3 rings (SSSR count). The Bertz CT molecular complexity index is 513. The summed E-state index contributed by atoms with van der Waals surface area (Å²) in [7, 11) is 0. The van der Waals surface area contributed by atoms with Crippen LogP contribution in [-0.2, 0) is 14.3 Å². The number of amides is 1. The highest BCUT2D eigenvalue weighted by molar-refractivity contribution is 7.13. The fourth-order valence-corrected chi connectivity index (χ4v) is 2.92. The van der Waals surface area contributed by atoms with Gasteiger partial charge in [-0.1, -0.05) is 12.2 Å². The highest BCUT2D eigenvalue weighted by Gasteiger charge is 2.53. The van der Waals surface area contributed by atoms with Gasteiger partial charge in [-0.15, -0.1) is 11.3 Å². The van der Waals surface area contributed by atoms with E-state index in [4.69, 9.17) is 4.74 Å². The topological polar surface area (TPSA) is 88.5 Å². The van der Waals surface area contributed by atoms with E-state index in [0.717, 1.165) is 0 Å². The van der Waals surface area contributed by atoms with Crippen LogP contribution in [0.4, 0.5) is 5.13 Å². The minimum absolute atomic E-state index is 0.353. The predicted octanol–water partition coefficient (Wildman–Crippen LogP) is 0.736. The van der Waals surface area contributed by atoms with Crippen molar-refractivity contribution >= 4 is 28.3 Å². The van der Waals surface area contributed by atoms with Crippen LogP contribution >= 0.6 is 11.3 Å². The summed E-state index contributed by atoms with van der Waals surface area (Å²) in [4.78, 5) is 27.2.